The van der Waals surface area contributed by atoms with Gasteiger partial charge in [-0.05, 0) is 30.8 Å². The topological polar surface area (TPSA) is 65.1 Å². The lowest BCUT2D eigenvalue weighted by Gasteiger charge is -2.34. The molecule has 6 heteroatoms. The van der Waals surface area contributed by atoms with Gasteiger partial charge in [-0.3, -0.25) is 9.78 Å². The minimum Gasteiger partial charge on any atom is -0.337 e. The summed E-state index contributed by atoms with van der Waals surface area (Å²) in [6, 6.07) is 11.4. The van der Waals surface area contributed by atoms with Crippen molar-refractivity contribution in [2.75, 3.05) is 32.7 Å². The molecule has 1 aliphatic rings. The molecule has 2 aromatic heterocycles. The number of piperazine rings is 1. The van der Waals surface area contributed by atoms with E-state index in [1.54, 1.807) is 6.20 Å². The van der Waals surface area contributed by atoms with Crippen molar-refractivity contribution >= 4 is 16.9 Å². The molecule has 4 rings (SSSR count). The monoisotopic (exact) mass is 335 g/mol. The SMILES string of the molecule is CCN1CCN(C(=O)c2cccc3[nH]c(-c4ccccn4)nc23)CC1. The molecular formula is C19H21N5O. The van der Waals surface area contributed by atoms with Crippen LogP contribution in [0.25, 0.3) is 22.6 Å². The van der Waals surface area contributed by atoms with Crippen LogP contribution in [0.15, 0.2) is 42.6 Å². The van der Waals surface area contributed by atoms with Crippen LogP contribution in [0, 0.1) is 0 Å². The summed E-state index contributed by atoms with van der Waals surface area (Å²) < 4.78 is 0. The van der Waals surface area contributed by atoms with E-state index in [2.05, 4.69) is 26.8 Å². The van der Waals surface area contributed by atoms with Crippen molar-refractivity contribution in [3.05, 3.63) is 48.2 Å². The summed E-state index contributed by atoms with van der Waals surface area (Å²) in [6.07, 6.45) is 1.74. The molecule has 0 saturated carbocycles. The molecule has 0 bridgehead atoms. The van der Waals surface area contributed by atoms with Crippen LogP contribution in [0.5, 0.6) is 0 Å². The Hall–Kier alpha value is -2.73. The number of imidazole rings is 1. The number of aromatic nitrogens is 3. The first-order valence-electron chi connectivity index (χ1n) is 8.68. The standard InChI is InChI=1S/C19H21N5O/c1-2-23-10-12-24(13-11-23)19(25)14-6-5-8-15-17(14)22-18(21-15)16-7-3-4-9-20-16/h3-9H,2,10-13H2,1H3,(H,21,22). The molecule has 3 heterocycles. The van der Waals surface area contributed by atoms with Crippen LogP contribution in [0.1, 0.15) is 17.3 Å². The summed E-state index contributed by atoms with van der Waals surface area (Å²) in [7, 11) is 0. The summed E-state index contributed by atoms with van der Waals surface area (Å²) in [4.78, 5) is 29.5. The number of nitrogens with zero attached hydrogens (tertiary/aromatic N) is 4. The molecule has 1 saturated heterocycles. The van der Waals surface area contributed by atoms with Gasteiger partial charge < -0.3 is 14.8 Å². The smallest absolute Gasteiger partial charge is 0.256 e. The number of para-hydroxylation sites is 1. The second kappa shape index (κ2) is 6.64. The summed E-state index contributed by atoms with van der Waals surface area (Å²) >= 11 is 0. The molecule has 1 aromatic carbocycles. The molecule has 1 fully saturated rings. The molecule has 0 aliphatic carbocycles. The van der Waals surface area contributed by atoms with E-state index in [1.807, 2.05) is 41.3 Å². The van der Waals surface area contributed by atoms with Gasteiger partial charge in [-0.1, -0.05) is 19.1 Å². The number of carbonyl (C=O) groups is 1. The number of H-pyrrole nitrogens is 1. The van der Waals surface area contributed by atoms with Crippen LogP contribution in [0.4, 0.5) is 0 Å². The lowest BCUT2D eigenvalue weighted by atomic mass is 10.1. The Morgan fingerprint density at radius 1 is 1.12 bits per heavy atom. The largest absolute Gasteiger partial charge is 0.337 e. The van der Waals surface area contributed by atoms with Gasteiger partial charge in [0.1, 0.15) is 11.2 Å². The van der Waals surface area contributed by atoms with Gasteiger partial charge in [-0.15, -0.1) is 0 Å². The molecule has 0 radical (unpaired) electrons. The van der Waals surface area contributed by atoms with E-state index in [9.17, 15) is 4.79 Å². The van der Waals surface area contributed by atoms with Gasteiger partial charge in [0.25, 0.3) is 5.91 Å². The van der Waals surface area contributed by atoms with Gasteiger partial charge in [0.05, 0.1) is 11.1 Å². The lowest BCUT2D eigenvalue weighted by molar-refractivity contribution is 0.0645. The Labute approximate surface area is 146 Å². The van der Waals surface area contributed by atoms with Crippen molar-refractivity contribution in [3.63, 3.8) is 0 Å². The van der Waals surface area contributed by atoms with Crippen LogP contribution in [0.3, 0.4) is 0 Å². The molecule has 6 nitrogen and oxygen atoms in total. The van der Waals surface area contributed by atoms with E-state index in [0.717, 1.165) is 43.9 Å². The maximum atomic E-state index is 13.0. The fraction of sp³-hybridized carbons (Fsp3) is 0.316. The molecule has 0 unspecified atom stereocenters. The first-order chi connectivity index (χ1) is 12.3. The number of fused-ring (bicyclic) bond motifs is 1. The maximum Gasteiger partial charge on any atom is 0.256 e. The minimum atomic E-state index is 0.0559. The average molecular weight is 335 g/mol. The van der Waals surface area contributed by atoms with Gasteiger partial charge in [0.15, 0.2) is 5.82 Å². The number of aromatic amines is 1. The van der Waals surface area contributed by atoms with Gasteiger partial charge in [-0.25, -0.2) is 4.98 Å². The zero-order valence-corrected chi connectivity index (χ0v) is 14.3. The van der Waals surface area contributed by atoms with Gasteiger partial charge >= 0.3 is 0 Å². The Morgan fingerprint density at radius 3 is 2.68 bits per heavy atom. The molecular weight excluding hydrogens is 314 g/mol. The van der Waals surface area contributed by atoms with Crippen LogP contribution in [-0.4, -0.2) is 63.4 Å². The first-order valence-corrected chi connectivity index (χ1v) is 8.68. The molecule has 128 valence electrons. The number of carbonyl (C=O) groups excluding carboxylic acids is 1. The fourth-order valence-corrected chi connectivity index (χ4v) is 3.27. The van der Waals surface area contributed by atoms with Crippen LogP contribution >= 0.6 is 0 Å². The van der Waals surface area contributed by atoms with Crippen LogP contribution in [0.2, 0.25) is 0 Å². The zero-order chi connectivity index (χ0) is 17.2. The number of pyridine rings is 1. The number of amides is 1. The van der Waals surface area contributed by atoms with Crippen molar-refractivity contribution in [1.29, 1.82) is 0 Å². The molecule has 1 aliphatic heterocycles. The highest BCUT2D eigenvalue weighted by atomic mass is 16.2. The Morgan fingerprint density at radius 2 is 1.96 bits per heavy atom. The summed E-state index contributed by atoms with van der Waals surface area (Å²) in [6.45, 7) is 6.57. The fourth-order valence-electron chi connectivity index (χ4n) is 3.27. The van der Waals surface area contributed by atoms with E-state index in [4.69, 9.17) is 0 Å². The number of hydrogen-bond donors (Lipinski definition) is 1. The summed E-state index contributed by atoms with van der Waals surface area (Å²) in [5.41, 5.74) is 3.00. The van der Waals surface area contributed by atoms with E-state index in [-0.39, 0.29) is 5.91 Å². The minimum absolute atomic E-state index is 0.0559. The Kier molecular flexibility index (Phi) is 4.19. The average Bonchev–Trinajstić information content (AvgIpc) is 3.12. The highest BCUT2D eigenvalue weighted by Crippen LogP contribution is 2.23. The highest BCUT2D eigenvalue weighted by Gasteiger charge is 2.23. The Balaban J connectivity index is 1.66. The molecule has 25 heavy (non-hydrogen) atoms. The van der Waals surface area contributed by atoms with Crippen molar-refractivity contribution in [3.8, 4) is 11.5 Å². The van der Waals surface area contributed by atoms with Crippen molar-refractivity contribution < 1.29 is 4.79 Å². The molecule has 1 N–H and O–H groups in total. The maximum absolute atomic E-state index is 13.0. The van der Waals surface area contributed by atoms with E-state index >= 15 is 0 Å². The zero-order valence-electron chi connectivity index (χ0n) is 14.3. The number of hydrogen-bond acceptors (Lipinski definition) is 4. The molecule has 0 atom stereocenters. The lowest BCUT2D eigenvalue weighted by Crippen LogP contribution is -2.48. The highest BCUT2D eigenvalue weighted by molar-refractivity contribution is 6.05. The molecule has 0 spiro atoms. The van der Waals surface area contributed by atoms with Gasteiger partial charge in [-0.2, -0.15) is 0 Å². The first kappa shape index (κ1) is 15.8. The quantitative estimate of drug-likeness (QED) is 0.798. The van der Waals surface area contributed by atoms with E-state index in [1.165, 1.54) is 0 Å². The summed E-state index contributed by atoms with van der Waals surface area (Å²) in [5, 5.41) is 0. The predicted molar refractivity (Wildman–Crippen MR) is 97.3 cm³/mol. The number of likely N-dealkylation sites (N-methyl/N-ethyl adjacent to an activating group) is 1. The third-order valence-corrected chi connectivity index (χ3v) is 4.76. The van der Waals surface area contributed by atoms with Crippen LogP contribution < -0.4 is 0 Å². The second-order valence-electron chi connectivity index (χ2n) is 6.23. The molecule has 1 amide bonds. The third-order valence-electron chi connectivity index (χ3n) is 4.76. The van der Waals surface area contributed by atoms with E-state index < -0.39 is 0 Å². The number of rotatable bonds is 3. The van der Waals surface area contributed by atoms with E-state index in [0.29, 0.717) is 16.9 Å². The predicted octanol–water partition coefficient (Wildman–Crippen LogP) is 2.40. The van der Waals surface area contributed by atoms with Crippen molar-refractivity contribution in [1.82, 2.24) is 24.8 Å². The second-order valence-corrected chi connectivity index (χ2v) is 6.23. The van der Waals surface area contributed by atoms with Gasteiger partial charge in [0, 0.05) is 32.4 Å². The normalized spacial score (nSPS) is 15.6. The molecule has 3 aromatic rings. The number of benzene rings is 1. The number of nitrogens with one attached hydrogen (secondary N) is 1. The summed E-state index contributed by atoms with van der Waals surface area (Å²) in [5.74, 6) is 0.743. The van der Waals surface area contributed by atoms with Crippen LogP contribution in [-0.2, 0) is 0 Å². The third kappa shape index (κ3) is 3.00. The Bertz CT molecular complexity index is 881. The van der Waals surface area contributed by atoms with Gasteiger partial charge in [0.2, 0.25) is 0 Å². The van der Waals surface area contributed by atoms with Crippen molar-refractivity contribution in [2.24, 2.45) is 0 Å². The van der Waals surface area contributed by atoms with Crippen molar-refractivity contribution in [2.45, 2.75) is 6.92 Å².